The molecule has 3 aromatic rings. The van der Waals surface area contributed by atoms with Gasteiger partial charge in [0.05, 0.1) is 11.4 Å². The summed E-state index contributed by atoms with van der Waals surface area (Å²) in [6, 6.07) is 13.9. The maximum atomic E-state index is 12.3. The highest BCUT2D eigenvalue weighted by atomic mass is 16.1. The molecular weight excluding hydrogens is 350 g/mol. The minimum absolute atomic E-state index is 0.0973. The summed E-state index contributed by atoms with van der Waals surface area (Å²) in [6.45, 7) is 2.57. The van der Waals surface area contributed by atoms with Crippen molar-refractivity contribution in [2.24, 2.45) is 5.92 Å². The molecule has 1 saturated heterocycles. The van der Waals surface area contributed by atoms with Crippen LogP contribution < -0.4 is 10.6 Å². The number of nitrogens with one attached hydrogen (secondary N) is 2. The largest absolute Gasteiger partial charge is 0.352 e. The van der Waals surface area contributed by atoms with Crippen molar-refractivity contribution in [1.29, 1.82) is 0 Å². The number of nitrogens with zero attached hydrogens (tertiary/aromatic N) is 3. The van der Waals surface area contributed by atoms with E-state index in [0.717, 1.165) is 42.0 Å². The van der Waals surface area contributed by atoms with Crippen molar-refractivity contribution >= 4 is 5.91 Å². The Morgan fingerprint density at radius 2 is 2.00 bits per heavy atom. The highest BCUT2D eigenvalue weighted by Crippen LogP contribution is 2.23. The number of benzene rings is 1. The fourth-order valence-electron chi connectivity index (χ4n) is 3.58. The Morgan fingerprint density at radius 3 is 2.75 bits per heavy atom. The predicted octanol–water partition coefficient (Wildman–Crippen LogP) is 2.94. The van der Waals surface area contributed by atoms with E-state index in [0.29, 0.717) is 18.9 Å². The third-order valence-corrected chi connectivity index (χ3v) is 5.18. The third-order valence-electron chi connectivity index (χ3n) is 5.18. The van der Waals surface area contributed by atoms with Gasteiger partial charge in [-0.2, -0.15) is 5.10 Å². The lowest BCUT2D eigenvalue weighted by atomic mass is 10.0. The van der Waals surface area contributed by atoms with E-state index < -0.39 is 0 Å². The average molecular weight is 375 g/mol. The van der Waals surface area contributed by atoms with E-state index in [1.807, 2.05) is 53.3 Å². The minimum Gasteiger partial charge on any atom is -0.352 e. The lowest BCUT2D eigenvalue weighted by Crippen LogP contribution is -2.23. The molecule has 1 aliphatic rings. The van der Waals surface area contributed by atoms with Gasteiger partial charge in [0.15, 0.2) is 0 Å². The van der Waals surface area contributed by atoms with E-state index >= 15 is 0 Å². The molecule has 2 N–H and O–H groups in total. The third kappa shape index (κ3) is 4.46. The topological polar surface area (TPSA) is 71.8 Å². The number of carbonyl (C=O) groups is 1. The van der Waals surface area contributed by atoms with Gasteiger partial charge in [0, 0.05) is 42.7 Å². The molecule has 0 spiro atoms. The number of carbonyl (C=O) groups excluding carboxylic acids is 1. The SMILES string of the molecule is O=C(CCC1CCNC1)NCc1cn(-c2ccccc2)nc1-c1ccncc1. The normalized spacial score (nSPS) is 16.2. The van der Waals surface area contributed by atoms with Crippen molar-refractivity contribution in [3.63, 3.8) is 0 Å². The van der Waals surface area contributed by atoms with Crippen molar-refractivity contribution in [3.8, 4) is 16.9 Å². The molecular formula is C22H25N5O. The van der Waals surface area contributed by atoms with Crippen molar-refractivity contribution in [2.75, 3.05) is 13.1 Å². The van der Waals surface area contributed by atoms with E-state index in [2.05, 4.69) is 15.6 Å². The van der Waals surface area contributed by atoms with Gasteiger partial charge in [-0.1, -0.05) is 18.2 Å². The maximum absolute atomic E-state index is 12.3. The summed E-state index contributed by atoms with van der Waals surface area (Å²) in [5.41, 5.74) is 3.84. The highest BCUT2D eigenvalue weighted by Gasteiger charge is 2.17. The second kappa shape index (κ2) is 8.80. The molecule has 1 unspecified atom stereocenters. The van der Waals surface area contributed by atoms with E-state index in [4.69, 9.17) is 5.10 Å². The van der Waals surface area contributed by atoms with Crippen LogP contribution in [-0.4, -0.2) is 33.8 Å². The van der Waals surface area contributed by atoms with Crippen LogP contribution in [0.15, 0.2) is 61.1 Å². The van der Waals surface area contributed by atoms with Gasteiger partial charge in [-0.15, -0.1) is 0 Å². The lowest BCUT2D eigenvalue weighted by molar-refractivity contribution is -0.121. The number of aromatic nitrogens is 3. The van der Waals surface area contributed by atoms with Gasteiger partial charge < -0.3 is 10.6 Å². The Kier molecular flexibility index (Phi) is 5.77. The van der Waals surface area contributed by atoms with Crippen molar-refractivity contribution in [1.82, 2.24) is 25.4 Å². The van der Waals surface area contributed by atoms with Gasteiger partial charge >= 0.3 is 0 Å². The summed E-state index contributed by atoms with van der Waals surface area (Å²) in [7, 11) is 0. The van der Waals surface area contributed by atoms with Crippen LogP contribution in [0, 0.1) is 5.92 Å². The van der Waals surface area contributed by atoms with Crippen molar-refractivity contribution in [2.45, 2.75) is 25.8 Å². The molecule has 1 amide bonds. The van der Waals surface area contributed by atoms with E-state index in [1.54, 1.807) is 12.4 Å². The number of hydrogen-bond donors (Lipinski definition) is 2. The van der Waals surface area contributed by atoms with Gasteiger partial charge in [0.2, 0.25) is 5.91 Å². The number of para-hydroxylation sites is 1. The van der Waals surface area contributed by atoms with E-state index in [9.17, 15) is 4.79 Å². The molecule has 1 fully saturated rings. The first kappa shape index (κ1) is 18.4. The van der Waals surface area contributed by atoms with E-state index in [1.165, 1.54) is 6.42 Å². The predicted molar refractivity (Wildman–Crippen MR) is 109 cm³/mol. The molecule has 1 atom stereocenters. The Labute approximate surface area is 165 Å². The van der Waals surface area contributed by atoms with Crippen LogP contribution >= 0.6 is 0 Å². The molecule has 6 heteroatoms. The molecule has 1 aliphatic heterocycles. The minimum atomic E-state index is 0.0973. The maximum Gasteiger partial charge on any atom is 0.220 e. The van der Waals surface area contributed by atoms with Gasteiger partial charge in [-0.3, -0.25) is 9.78 Å². The molecule has 144 valence electrons. The number of rotatable bonds is 7. The monoisotopic (exact) mass is 375 g/mol. The van der Waals surface area contributed by atoms with Crippen LogP contribution in [-0.2, 0) is 11.3 Å². The van der Waals surface area contributed by atoms with Crippen LogP contribution in [0.2, 0.25) is 0 Å². The molecule has 0 bridgehead atoms. The Morgan fingerprint density at radius 1 is 1.18 bits per heavy atom. The number of amides is 1. The summed E-state index contributed by atoms with van der Waals surface area (Å²) in [5, 5.41) is 11.2. The van der Waals surface area contributed by atoms with Crippen LogP contribution in [0.1, 0.15) is 24.8 Å². The first-order valence-electron chi connectivity index (χ1n) is 9.81. The fraction of sp³-hybridized carbons (Fsp3) is 0.318. The number of pyridine rings is 1. The Hall–Kier alpha value is -2.99. The zero-order chi connectivity index (χ0) is 19.2. The van der Waals surface area contributed by atoms with Gasteiger partial charge in [-0.05, 0) is 56.1 Å². The molecule has 28 heavy (non-hydrogen) atoms. The van der Waals surface area contributed by atoms with Gasteiger partial charge in [0.1, 0.15) is 0 Å². The summed E-state index contributed by atoms with van der Waals surface area (Å²) in [5.74, 6) is 0.721. The van der Waals surface area contributed by atoms with Gasteiger partial charge in [-0.25, -0.2) is 4.68 Å². The molecule has 0 aliphatic carbocycles. The quantitative estimate of drug-likeness (QED) is 0.666. The summed E-state index contributed by atoms with van der Waals surface area (Å²) < 4.78 is 1.86. The zero-order valence-corrected chi connectivity index (χ0v) is 15.8. The van der Waals surface area contributed by atoms with Crippen molar-refractivity contribution in [3.05, 3.63) is 66.6 Å². The molecule has 0 radical (unpaired) electrons. The standard InChI is InChI=1S/C22H25N5O/c28-21(7-6-17-8-11-24-14-17)25-15-19-16-27(20-4-2-1-3-5-20)26-22(19)18-9-12-23-13-10-18/h1-5,9-10,12-13,16-17,24H,6-8,11,14-15H2,(H,25,28). The fourth-order valence-corrected chi connectivity index (χ4v) is 3.58. The van der Waals surface area contributed by atoms with E-state index in [-0.39, 0.29) is 5.91 Å². The second-order valence-corrected chi connectivity index (χ2v) is 7.19. The lowest BCUT2D eigenvalue weighted by Gasteiger charge is -2.09. The Balaban J connectivity index is 1.48. The molecule has 2 aromatic heterocycles. The van der Waals surface area contributed by atoms with Crippen LogP contribution in [0.25, 0.3) is 16.9 Å². The second-order valence-electron chi connectivity index (χ2n) is 7.19. The summed E-state index contributed by atoms with van der Waals surface area (Å²) in [4.78, 5) is 16.4. The molecule has 1 aromatic carbocycles. The van der Waals surface area contributed by atoms with Gasteiger partial charge in [0.25, 0.3) is 0 Å². The molecule has 0 saturated carbocycles. The van der Waals surface area contributed by atoms with Crippen molar-refractivity contribution < 1.29 is 4.79 Å². The molecule has 4 rings (SSSR count). The number of hydrogen-bond acceptors (Lipinski definition) is 4. The van der Waals surface area contributed by atoms with Crippen LogP contribution in [0.3, 0.4) is 0 Å². The highest BCUT2D eigenvalue weighted by molar-refractivity contribution is 5.76. The zero-order valence-electron chi connectivity index (χ0n) is 15.8. The first-order chi connectivity index (χ1) is 13.8. The van der Waals surface area contributed by atoms with Crippen LogP contribution in [0.5, 0.6) is 0 Å². The first-order valence-corrected chi connectivity index (χ1v) is 9.81. The Bertz CT molecular complexity index is 901. The summed E-state index contributed by atoms with van der Waals surface area (Å²) in [6.07, 6.45) is 8.20. The molecule has 6 nitrogen and oxygen atoms in total. The van der Waals surface area contributed by atoms with Crippen LogP contribution in [0.4, 0.5) is 0 Å². The summed E-state index contributed by atoms with van der Waals surface area (Å²) >= 11 is 0. The average Bonchev–Trinajstić information content (AvgIpc) is 3.42. The smallest absolute Gasteiger partial charge is 0.220 e. The molecule has 3 heterocycles.